The van der Waals surface area contributed by atoms with Gasteiger partial charge in [0.2, 0.25) is 0 Å². The van der Waals surface area contributed by atoms with Crippen LogP contribution in [0.2, 0.25) is 6.82 Å². The lowest BCUT2D eigenvalue weighted by atomic mass is 9.62. The summed E-state index contributed by atoms with van der Waals surface area (Å²) in [4.78, 5) is 10.2. The molecule has 0 unspecified atom stereocenters. The van der Waals surface area contributed by atoms with Crippen LogP contribution in [0.25, 0.3) is 0 Å². The summed E-state index contributed by atoms with van der Waals surface area (Å²) in [7, 11) is 0. The molecule has 0 N–H and O–H groups in total. The predicted molar refractivity (Wildman–Crippen MR) is 79.0 cm³/mol. The van der Waals surface area contributed by atoms with Gasteiger partial charge in [-0.15, -0.1) is 0 Å². The first-order valence-corrected chi connectivity index (χ1v) is 6.47. The van der Waals surface area contributed by atoms with Crippen molar-refractivity contribution >= 4 is 18.1 Å². The fourth-order valence-electron chi connectivity index (χ4n) is 1.55. The molecule has 0 aliphatic rings. The van der Waals surface area contributed by atoms with E-state index in [0.717, 1.165) is 5.46 Å². The zero-order valence-corrected chi connectivity index (χ0v) is 12.6. The highest BCUT2D eigenvalue weighted by Crippen LogP contribution is 2.33. The second-order valence-corrected chi connectivity index (χ2v) is 6.37. The van der Waals surface area contributed by atoms with E-state index in [4.69, 9.17) is 4.65 Å². The summed E-state index contributed by atoms with van der Waals surface area (Å²) in [6.07, 6.45) is 0. The van der Waals surface area contributed by atoms with E-state index in [9.17, 15) is 10.1 Å². The van der Waals surface area contributed by atoms with Gasteiger partial charge < -0.3 is 4.65 Å². The van der Waals surface area contributed by atoms with Gasteiger partial charge in [-0.1, -0.05) is 39.7 Å². The van der Waals surface area contributed by atoms with Crippen LogP contribution in [0.15, 0.2) is 24.3 Å². The standard InChI is InChI=1S/C14H22BNO3/c1-13(2,3)14(4,5)19-15(6)11-7-9-12(10-8-11)16(17)18/h7-10H,1-6H3. The summed E-state index contributed by atoms with van der Waals surface area (Å²) in [5.74, 6) is 0. The fourth-order valence-corrected chi connectivity index (χ4v) is 1.55. The van der Waals surface area contributed by atoms with Gasteiger partial charge in [-0.3, -0.25) is 10.1 Å². The monoisotopic (exact) mass is 263 g/mol. The molecule has 0 heterocycles. The highest BCUT2D eigenvalue weighted by atomic mass is 16.6. The van der Waals surface area contributed by atoms with Crippen LogP contribution in [0.3, 0.4) is 0 Å². The minimum absolute atomic E-state index is 0.0159. The minimum atomic E-state index is -0.394. The maximum absolute atomic E-state index is 10.6. The van der Waals surface area contributed by atoms with Crippen molar-refractivity contribution in [3.05, 3.63) is 34.4 Å². The Balaban J connectivity index is 2.84. The molecule has 1 rings (SSSR count). The topological polar surface area (TPSA) is 52.4 Å². The molecular formula is C14H22BNO3. The van der Waals surface area contributed by atoms with E-state index < -0.39 is 4.92 Å². The Morgan fingerprint density at radius 3 is 1.95 bits per heavy atom. The van der Waals surface area contributed by atoms with Gasteiger partial charge in [0.25, 0.3) is 5.69 Å². The van der Waals surface area contributed by atoms with Crippen LogP contribution in [0.5, 0.6) is 0 Å². The molecule has 0 aliphatic carbocycles. The Bertz CT molecular complexity index is 449. The van der Waals surface area contributed by atoms with Gasteiger partial charge in [0.1, 0.15) is 0 Å². The highest BCUT2D eigenvalue weighted by molar-refractivity contribution is 6.66. The summed E-state index contributed by atoms with van der Waals surface area (Å²) < 4.78 is 6.12. The van der Waals surface area contributed by atoms with Crippen LogP contribution >= 0.6 is 0 Å². The average Bonchev–Trinajstić information content (AvgIpc) is 2.27. The highest BCUT2D eigenvalue weighted by Gasteiger charge is 2.35. The number of nitrogens with zero attached hydrogens (tertiary/aromatic N) is 1. The second-order valence-electron chi connectivity index (χ2n) is 6.37. The number of non-ortho nitro benzene ring substituents is 1. The fraction of sp³-hybridized carbons (Fsp3) is 0.571. The van der Waals surface area contributed by atoms with E-state index in [1.807, 2.05) is 6.82 Å². The average molecular weight is 263 g/mol. The van der Waals surface area contributed by atoms with Crippen molar-refractivity contribution in [2.24, 2.45) is 5.41 Å². The molecule has 0 amide bonds. The van der Waals surface area contributed by atoms with Crippen LogP contribution in [-0.4, -0.2) is 17.4 Å². The quantitative estimate of drug-likeness (QED) is 0.476. The van der Waals surface area contributed by atoms with Gasteiger partial charge in [-0.05, 0) is 24.7 Å². The molecule has 1 aromatic rings. The predicted octanol–water partition coefficient (Wildman–Crippen LogP) is 3.26. The van der Waals surface area contributed by atoms with E-state index in [-0.39, 0.29) is 23.6 Å². The summed E-state index contributed by atoms with van der Waals surface area (Å²) in [5, 5.41) is 10.6. The molecule has 0 saturated heterocycles. The van der Waals surface area contributed by atoms with Gasteiger partial charge in [0.15, 0.2) is 0 Å². The summed E-state index contributed by atoms with van der Waals surface area (Å²) in [6, 6.07) is 6.53. The van der Waals surface area contributed by atoms with Gasteiger partial charge in [0.05, 0.1) is 10.5 Å². The lowest BCUT2D eigenvalue weighted by Crippen LogP contribution is -2.46. The third kappa shape index (κ3) is 3.80. The Morgan fingerprint density at radius 2 is 1.58 bits per heavy atom. The molecular weight excluding hydrogens is 241 g/mol. The van der Waals surface area contributed by atoms with Crippen molar-refractivity contribution in [2.75, 3.05) is 0 Å². The van der Waals surface area contributed by atoms with Crippen LogP contribution in [0.1, 0.15) is 34.6 Å². The summed E-state index contributed by atoms with van der Waals surface area (Å²) in [5.41, 5.74) is 0.782. The van der Waals surface area contributed by atoms with E-state index in [1.54, 1.807) is 12.1 Å². The Kier molecular flexibility index (Phi) is 4.41. The van der Waals surface area contributed by atoms with Crippen molar-refractivity contribution in [2.45, 2.75) is 47.0 Å². The minimum Gasteiger partial charge on any atom is -0.426 e. The molecule has 0 spiro atoms. The first-order chi connectivity index (χ1) is 8.54. The number of hydrogen-bond donors (Lipinski definition) is 0. The van der Waals surface area contributed by atoms with E-state index >= 15 is 0 Å². The summed E-state index contributed by atoms with van der Waals surface area (Å²) in [6.45, 7) is 12.4. The summed E-state index contributed by atoms with van der Waals surface area (Å²) >= 11 is 0. The number of rotatable bonds is 4. The molecule has 0 aromatic heterocycles. The van der Waals surface area contributed by atoms with Crippen LogP contribution in [0.4, 0.5) is 5.69 Å². The van der Waals surface area contributed by atoms with E-state index in [2.05, 4.69) is 34.6 Å². The molecule has 0 bridgehead atoms. The largest absolute Gasteiger partial charge is 0.426 e. The number of hydrogen-bond acceptors (Lipinski definition) is 3. The molecule has 104 valence electrons. The van der Waals surface area contributed by atoms with Crippen LogP contribution in [0, 0.1) is 15.5 Å². The zero-order chi connectivity index (χ0) is 14.8. The maximum Gasteiger partial charge on any atom is 0.324 e. The lowest BCUT2D eigenvalue weighted by Gasteiger charge is -2.40. The molecule has 0 aliphatic heterocycles. The molecule has 19 heavy (non-hydrogen) atoms. The van der Waals surface area contributed by atoms with E-state index in [1.165, 1.54) is 12.1 Å². The maximum atomic E-state index is 10.6. The van der Waals surface area contributed by atoms with E-state index in [0.29, 0.717) is 0 Å². The van der Waals surface area contributed by atoms with Crippen molar-refractivity contribution < 1.29 is 9.58 Å². The smallest absolute Gasteiger partial charge is 0.324 e. The molecule has 0 saturated carbocycles. The van der Waals surface area contributed by atoms with Crippen molar-refractivity contribution in [1.82, 2.24) is 0 Å². The molecule has 4 nitrogen and oxygen atoms in total. The third-order valence-electron chi connectivity index (χ3n) is 3.85. The van der Waals surface area contributed by atoms with Gasteiger partial charge in [0, 0.05) is 12.1 Å². The first kappa shape index (κ1) is 15.7. The molecule has 0 fully saturated rings. The SMILES string of the molecule is CB(OC(C)(C)C(C)(C)C)c1ccc([N+](=O)[O-])cc1. The molecule has 5 heteroatoms. The molecule has 0 radical (unpaired) electrons. The van der Waals surface area contributed by atoms with Crippen LogP contribution in [-0.2, 0) is 4.65 Å². The number of benzene rings is 1. The Morgan fingerprint density at radius 1 is 1.11 bits per heavy atom. The van der Waals surface area contributed by atoms with Gasteiger partial charge in [-0.2, -0.15) is 0 Å². The normalized spacial score (nSPS) is 12.3. The van der Waals surface area contributed by atoms with Gasteiger partial charge >= 0.3 is 6.92 Å². The number of nitro benzene ring substituents is 1. The van der Waals surface area contributed by atoms with Crippen LogP contribution < -0.4 is 5.46 Å². The Hall–Kier alpha value is -1.36. The Labute approximate surface area is 115 Å². The lowest BCUT2D eigenvalue weighted by molar-refractivity contribution is -0.384. The molecule has 1 aromatic carbocycles. The van der Waals surface area contributed by atoms with Crippen molar-refractivity contribution in [3.63, 3.8) is 0 Å². The second kappa shape index (κ2) is 5.33. The van der Waals surface area contributed by atoms with Gasteiger partial charge in [-0.25, -0.2) is 0 Å². The zero-order valence-electron chi connectivity index (χ0n) is 12.6. The van der Waals surface area contributed by atoms with Crippen molar-refractivity contribution in [1.29, 1.82) is 0 Å². The third-order valence-corrected chi connectivity index (χ3v) is 3.85. The number of nitro groups is 1. The van der Waals surface area contributed by atoms with Crippen molar-refractivity contribution in [3.8, 4) is 0 Å². The molecule has 0 atom stereocenters. The first-order valence-electron chi connectivity index (χ1n) is 6.47.